The van der Waals surface area contributed by atoms with Gasteiger partial charge >= 0.3 is 0 Å². The van der Waals surface area contributed by atoms with Gasteiger partial charge in [-0.15, -0.1) is 0 Å². The van der Waals surface area contributed by atoms with E-state index in [-0.39, 0.29) is 18.4 Å². The molecule has 1 aliphatic rings. The van der Waals surface area contributed by atoms with Gasteiger partial charge in [0.25, 0.3) is 5.91 Å². The van der Waals surface area contributed by atoms with Crippen molar-refractivity contribution in [2.75, 3.05) is 11.4 Å². The number of hydrazine groups is 1. The van der Waals surface area contributed by atoms with Crippen LogP contribution in [-0.4, -0.2) is 24.3 Å². The lowest BCUT2D eigenvalue weighted by atomic mass is 10.0. The number of carbonyl (C=O) groups is 3. The van der Waals surface area contributed by atoms with Crippen LogP contribution in [0.15, 0.2) is 22.7 Å². The lowest BCUT2D eigenvalue weighted by Crippen LogP contribution is -2.48. The van der Waals surface area contributed by atoms with E-state index in [0.717, 1.165) is 15.7 Å². The molecule has 0 spiro atoms. The van der Waals surface area contributed by atoms with E-state index in [9.17, 15) is 14.4 Å². The minimum Gasteiger partial charge on any atom is -0.303 e. The maximum absolute atomic E-state index is 12.0. The quantitative estimate of drug-likeness (QED) is 0.785. The van der Waals surface area contributed by atoms with Crippen molar-refractivity contribution in [2.24, 2.45) is 0 Å². The maximum Gasteiger partial charge on any atom is 0.258 e. The highest BCUT2D eigenvalue weighted by molar-refractivity contribution is 9.10. The van der Waals surface area contributed by atoms with Crippen LogP contribution in [0.2, 0.25) is 0 Å². The van der Waals surface area contributed by atoms with Crippen LogP contribution in [0.5, 0.6) is 0 Å². The summed E-state index contributed by atoms with van der Waals surface area (Å²) >= 11 is 3.39. The van der Waals surface area contributed by atoms with Gasteiger partial charge in [0, 0.05) is 23.5 Å². The van der Waals surface area contributed by atoms with Crippen LogP contribution in [0.25, 0.3) is 0 Å². The Labute approximate surface area is 124 Å². The molecule has 0 saturated carbocycles. The molecule has 0 aromatic heterocycles. The molecular weight excluding hydrogens is 326 g/mol. The van der Waals surface area contributed by atoms with Gasteiger partial charge in [-0.2, -0.15) is 0 Å². The highest BCUT2D eigenvalue weighted by atomic mass is 79.9. The summed E-state index contributed by atoms with van der Waals surface area (Å²) in [5, 5.41) is 0. The molecule has 2 N–H and O–H groups in total. The molecule has 2 rings (SSSR count). The molecule has 0 saturated heterocycles. The zero-order valence-corrected chi connectivity index (χ0v) is 12.5. The van der Waals surface area contributed by atoms with Gasteiger partial charge in [-0.1, -0.05) is 15.9 Å². The summed E-state index contributed by atoms with van der Waals surface area (Å²) in [4.78, 5) is 35.8. The second kappa shape index (κ2) is 6.04. The number of hydrogen-bond donors (Lipinski definition) is 2. The monoisotopic (exact) mass is 339 g/mol. The standard InChI is InChI=1S/C13H14BrN3O3/c1-8(18)15-16-12(19)7-17-11-4-3-10(14)6-9(11)2-5-13(17)20/h3-4,6H,2,5,7H2,1H3,(H,15,18)(H,16,19). The summed E-state index contributed by atoms with van der Waals surface area (Å²) in [5.41, 5.74) is 6.21. The first-order valence-corrected chi connectivity index (χ1v) is 6.91. The highest BCUT2D eigenvalue weighted by Crippen LogP contribution is 2.30. The number of fused-ring (bicyclic) bond motifs is 1. The molecule has 0 fully saturated rings. The Hall–Kier alpha value is -1.89. The first kappa shape index (κ1) is 14.5. The minimum absolute atomic E-state index is 0.0993. The van der Waals surface area contributed by atoms with E-state index in [1.54, 1.807) is 0 Å². The molecule has 0 unspecified atom stereocenters. The van der Waals surface area contributed by atoms with Crippen molar-refractivity contribution < 1.29 is 14.4 Å². The number of nitrogens with one attached hydrogen (secondary N) is 2. The smallest absolute Gasteiger partial charge is 0.258 e. The number of aryl methyl sites for hydroxylation is 1. The van der Waals surface area contributed by atoms with Gasteiger partial charge in [0.15, 0.2) is 0 Å². The van der Waals surface area contributed by atoms with Gasteiger partial charge in [-0.05, 0) is 30.2 Å². The topological polar surface area (TPSA) is 78.5 Å². The number of benzene rings is 1. The van der Waals surface area contributed by atoms with E-state index >= 15 is 0 Å². The normalized spacial score (nSPS) is 13.7. The molecule has 3 amide bonds. The zero-order chi connectivity index (χ0) is 14.7. The predicted molar refractivity (Wildman–Crippen MR) is 76.8 cm³/mol. The molecule has 0 aliphatic carbocycles. The van der Waals surface area contributed by atoms with Crippen molar-refractivity contribution in [3.05, 3.63) is 28.2 Å². The second-order valence-electron chi connectivity index (χ2n) is 4.48. The molecule has 0 bridgehead atoms. The Morgan fingerprint density at radius 1 is 1.30 bits per heavy atom. The van der Waals surface area contributed by atoms with Gasteiger partial charge in [0.05, 0.1) is 0 Å². The minimum atomic E-state index is -0.440. The maximum atomic E-state index is 12.0. The number of anilines is 1. The van der Waals surface area contributed by atoms with E-state index in [0.29, 0.717) is 12.8 Å². The molecule has 20 heavy (non-hydrogen) atoms. The summed E-state index contributed by atoms with van der Waals surface area (Å²) in [6.45, 7) is 1.17. The second-order valence-corrected chi connectivity index (χ2v) is 5.40. The van der Waals surface area contributed by atoms with Crippen LogP contribution in [0.4, 0.5) is 5.69 Å². The van der Waals surface area contributed by atoms with Gasteiger partial charge in [-0.3, -0.25) is 25.2 Å². The summed E-state index contributed by atoms with van der Waals surface area (Å²) in [6.07, 6.45) is 1.04. The molecule has 0 atom stereocenters. The average molecular weight is 340 g/mol. The van der Waals surface area contributed by atoms with Gasteiger partial charge in [-0.25, -0.2) is 0 Å². The average Bonchev–Trinajstić information content (AvgIpc) is 2.39. The van der Waals surface area contributed by atoms with Gasteiger partial charge in [0.2, 0.25) is 11.8 Å². The third-order valence-electron chi connectivity index (χ3n) is 2.92. The molecule has 6 nitrogen and oxygen atoms in total. The lowest BCUT2D eigenvalue weighted by molar-refractivity contribution is -0.128. The molecule has 1 heterocycles. The van der Waals surface area contributed by atoms with Crippen LogP contribution in [-0.2, 0) is 20.8 Å². The lowest BCUT2D eigenvalue weighted by Gasteiger charge is -2.29. The largest absolute Gasteiger partial charge is 0.303 e. The highest BCUT2D eigenvalue weighted by Gasteiger charge is 2.25. The Morgan fingerprint density at radius 3 is 2.75 bits per heavy atom. The summed E-state index contributed by atoms with van der Waals surface area (Å²) in [7, 11) is 0. The first-order chi connectivity index (χ1) is 9.47. The number of amides is 3. The van der Waals surface area contributed by atoms with Gasteiger partial charge < -0.3 is 4.90 Å². The predicted octanol–water partition coefficient (Wildman–Crippen LogP) is 0.896. The van der Waals surface area contributed by atoms with E-state index in [1.807, 2.05) is 18.2 Å². The fraction of sp³-hybridized carbons (Fsp3) is 0.308. The number of carbonyl (C=O) groups excluding carboxylic acids is 3. The fourth-order valence-electron chi connectivity index (χ4n) is 2.04. The molecule has 1 aromatic rings. The van der Waals surface area contributed by atoms with Crippen LogP contribution in [0, 0.1) is 0 Å². The number of hydrogen-bond acceptors (Lipinski definition) is 3. The Kier molecular flexibility index (Phi) is 4.39. The molecular formula is C13H14BrN3O3. The van der Waals surface area contributed by atoms with Crippen molar-refractivity contribution in [3.8, 4) is 0 Å². The fourth-order valence-corrected chi connectivity index (χ4v) is 2.45. The summed E-state index contributed by atoms with van der Waals surface area (Å²) in [5.74, 6) is -0.908. The number of nitrogens with zero attached hydrogens (tertiary/aromatic N) is 1. The van der Waals surface area contributed by atoms with E-state index in [2.05, 4.69) is 26.8 Å². The Balaban J connectivity index is 2.13. The third-order valence-corrected chi connectivity index (χ3v) is 3.41. The first-order valence-electron chi connectivity index (χ1n) is 6.11. The van der Waals surface area contributed by atoms with Gasteiger partial charge in [0.1, 0.15) is 6.54 Å². The summed E-state index contributed by atoms with van der Waals surface area (Å²) < 4.78 is 0.938. The van der Waals surface area contributed by atoms with Crippen molar-refractivity contribution in [2.45, 2.75) is 19.8 Å². The van der Waals surface area contributed by atoms with E-state index in [4.69, 9.17) is 0 Å². The molecule has 0 radical (unpaired) electrons. The van der Waals surface area contributed by atoms with Crippen LogP contribution in [0.3, 0.4) is 0 Å². The molecule has 7 heteroatoms. The van der Waals surface area contributed by atoms with Crippen LogP contribution < -0.4 is 15.8 Å². The Bertz CT molecular complexity index is 574. The van der Waals surface area contributed by atoms with Crippen LogP contribution >= 0.6 is 15.9 Å². The van der Waals surface area contributed by atoms with Crippen molar-refractivity contribution in [1.82, 2.24) is 10.9 Å². The van der Waals surface area contributed by atoms with Crippen LogP contribution in [0.1, 0.15) is 18.9 Å². The number of halogens is 1. The number of rotatable bonds is 2. The molecule has 1 aromatic carbocycles. The van der Waals surface area contributed by atoms with E-state index < -0.39 is 5.91 Å². The molecule has 106 valence electrons. The summed E-state index contributed by atoms with van der Waals surface area (Å²) in [6, 6.07) is 5.58. The SMILES string of the molecule is CC(=O)NNC(=O)CN1C(=O)CCc2cc(Br)ccc21. The van der Waals surface area contributed by atoms with E-state index in [1.165, 1.54) is 11.8 Å². The van der Waals surface area contributed by atoms with Crippen molar-refractivity contribution >= 4 is 39.3 Å². The zero-order valence-electron chi connectivity index (χ0n) is 10.9. The Morgan fingerprint density at radius 2 is 2.05 bits per heavy atom. The van der Waals surface area contributed by atoms with Crippen molar-refractivity contribution in [3.63, 3.8) is 0 Å². The molecule has 1 aliphatic heterocycles. The third kappa shape index (κ3) is 3.36. The van der Waals surface area contributed by atoms with Crippen molar-refractivity contribution in [1.29, 1.82) is 0 Å².